The summed E-state index contributed by atoms with van der Waals surface area (Å²) in [5.41, 5.74) is -1.17. The largest absolute Gasteiger partial charge is 0.441 e. The molecule has 1 aromatic heterocycles. The lowest BCUT2D eigenvalue weighted by molar-refractivity contribution is -0.137. The Bertz CT molecular complexity index is 1230. The Hall–Kier alpha value is -3.23. The Morgan fingerprint density at radius 2 is 1.94 bits per heavy atom. The molecule has 0 unspecified atom stereocenters. The summed E-state index contributed by atoms with van der Waals surface area (Å²) in [6.45, 7) is 0.0816. The molecule has 1 atom stereocenters. The third-order valence-electron chi connectivity index (χ3n) is 4.85. The van der Waals surface area contributed by atoms with Crippen LogP contribution in [0.15, 0.2) is 53.3 Å². The van der Waals surface area contributed by atoms with Crippen LogP contribution in [0.25, 0.3) is 22.0 Å². The first-order valence-electron chi connectivity index (χ1n) is 9.04. The molecular weight excluding hydrogens is 436 g/mol. The smallest absolute Gasteiger partial charge is 0.417 e. The minimum atomic E-state index is -4.58. The molecule has 1 aliphatic rings. The van der Waals surface area contributed by atoms with Gasteiger partial charge in [0.25, 0.3) is 5.56 Å². The van der Waals surface area contributed by atoms with Crippen molar-refractivity contribution in [3.05, 3.63) is 64.4 Å². The van der Waals surface area contributed by atoms with Crippen molar-refractivity contribution in [1.29, 1.82) is 0 Å². The predicted molar refractivity (Wildman–Crippen MR) is 106 cm³/mol. The molecule has 160 valence electrons. The van der Waals surface area contributed by atoms with Crippen LogP contribution in [0.2, 0.25) is 0 Å². The molecule has 1 N–H and O–H groups in total. The highest BCUT2D eigenvalue weighted by molar-refractivity contribution is 7.17. The molecule has 0 spiro atoms. The van der Waals surface area contributed by atoms with Crippen LogP contribution in [0, 0.1) is 0 Å². The van der Waals surface area contributed by atoms with E-state index in [0.717, 1.165) is 6.07 Å². The second kappa shape index (κ2) is 8.13. The van der Waals surface area contributed by atoms with Crippen LogP contribution in [0.3, 0.4) is 0 Å². The van der Waals surface area contributed by atoms with Gasteiger partial charge in [-0.15, -0.1) is 0 Å². The Morgan fingerprint density at radius 3 is 2.68 bits per heavy atom. The van der Waals surface area contributed by atoms with E-state index in [9.17, 15) is 27.3 Å². The molecule has 4 rings (SSSR count). The van der Waals surface area contributed by atoms with Gasteiger partial charge in [0.15, 0.2) is 0 Å². The van der Waals surface area contributed by atoms with Crippen molar-refractivity contribution in [3.8, 4) is 11.3 Å². The van der Waals surface area contributed by atoms with Crippen molar-refractivity contribution in [3.63, 3.8) is 0 Å². The van der Waals surface area contributed by atoms with E-state index in [2.05, 4.69) is 4.98 Å². The van der Waals surface area contributed by atoms with Crippen molar-refractivity contribution < 1.29 is 31.8 Å². The molecule has 0 saturated carbocycles. The van der Waals surface area contributed by atoms with Crippen molar-refractivity contribution >= 4 is 31.2 Å². The zero-order valence-electron chi connectivity index (χ0n) is 15.7. The number of nitrogens with zero attached hydrogens (tertiary/aromatic N) is 1. The second-order valence-electron chi connectivity index (χ2n) is 6.81. The number of H-pyrrole nitrogens is 1. The number of aromatic nitrogens is 1. The number of pyridine rings is 1. The number of halogens is 3. The van der Waals surface area contributed by atoms with Gasteiger partial charge in [-0.2, -0.15) is 13.2 Å². The summed E-state index contributed by atoms with van der Waals surface area (Å²) in [6.07, 6.45) is -5.85. The molecular formula is C20H14F3N2O5P. The Morgan fingerprint density at radius 1 is 1.16 bits per heavy atom. The number of rotatable bonds is 5. The van der Waals surface area contributed by atoms with Crippen LogP contribution >= 0.6 is 8.69 Å². The summed E-state index contributed by atoms with van der Waals surface area (Å²) in [5, 5.41) is 0.619. The van der Waals surface area contributed by atoms with E-state index in [1.165, 1.54) is 35.2 Å². The summed E-state index contributed by atoms with van der Waals surface area (Å²) in [5.74, 6) is 0. The second-order valence-corrected chi connectivity index (χ2v) is 7.22. The Balaban J connectivity index is 1.71. The highest BCUT2D eigenvalue weighted by Gasteiger charge is 2.34. The van der Waals surface area contributed by atoms with Crippen LogP contribution in [0.4, 0.5) is 23.7 Å². The SMILES string of the molecule is O=POC[C@H]1CN(c2ccc3cc(-c4ccccc4C(F)(F)F)[nH]c(=O)c3c2)C(=O)O1. The number of amides is 1. The van der Waals surface area contributed by atoms with Gasteiger partial charge >= 0.3 is 21.0 Å². The summed E-state index contributed by atoms with van der Waals surface area (Å²) < 4.78 is 60.3. The number of aromatic amines is 1. The minimum absolute atomic E-state index is 0.0350. The summed E-state index contributed by atoms with van der Waals surface area (Å²) >= 11 is 0. The molecule has 1 fully saturated rings. The van der Waals surface area contributed by atoms with Crippen LogP contribution in [-0.4, -0.2) is 30.3 Å². The molecule has 31 heavy (non-hydrogen) atoms. The van der Waals surface area contributed by atoms with Crippen LogP contribution < -0.4 is 10.5 Å². The fraction of sp³-hybridized carbons (Fsp3) is 0.200. The fourth-order valence-corrected chi connectivity index (χ4v) is 3.69. The first kappa shape index (κ1) is 21.0. The highest BCUT2D eigenvalue weighted by atomic mass is 31.1. The molecule has 2 aromatic carbocycles. The lowest BCUT2D eigenvalue weighted by Gasteiger charge is -2.15. The number of fused-ring (bicyclic) bond motifs is 1. The quantitative estimate of drug-likeness (QED) is 0.566. The highest BCUT2D eigenvalue weighted by Crippen LogP contribution is 2.36. The number of hydrogen-bond acceptors (Lipinski definition) is 5. The minimum Gasteiger partial charge on any atom is -0.441 e. The molecule has 1 saturated heterocycles. The van der Waals surface area contributed by atoms with Crippen LogP contribution in [0.5, 0.6) is 0 Å². The third kappa shape index (κ3) is 4.17. The van der Waals surface area contributed by atoms with Gasteiger partial charge in [-0.3, -0.25) is 14.2 Å². The van der Waals surface area contributed by atoms with E-state index in [0.29, 0.717) is 11.1 Å². The van der Waals surface area contributed by atoms with E-state index in [1.807, 2.05) is 0 Å². The number of carbonyl (C=O) groups is 1. The van der Waals surface area contributed by atoms with E-state index < -0.39 is 38.2 Å². The number of anilines is 1. The van der Waals surface area contributed by atoms with Gasteiger partial charge in [0.1, 0.15) is 6.10 Å². The number of hydrogen-bond donors (Lipinski definition) is 1. The fourth-order valence-electron chi connectivity index (χ4n) is 3.46. The molecule has 1 amide bonds. The Kier molecular flexibility index (Phi) is 5.51. The molecule has 3 aromatic rings. The van der Waals surface area contributed by atoms with Gasteiger partial charge in [-0.25, -0.2) is 9.36 Å². The van der Waals surface area contributed by atoms with Crippen molar-refractivity contribution in [2.45, 2.75) is 12.3 Å². The van der Waals surface area contributed by atoms with Gasteiger partial charge < -0.3 is 9.72 Å². The lowest BCUT2D eigenvalue weighted by atomic mass is 10.0. The number of benzene rings is 2. The average Bonchev–Trinajstić information content (AvgIpc) is 3.12. The number of ether oxygens (including phenoxy) is 1. The van der Waals surface area contributed by atoms with Crippen LogP contribution in [0.1, 0.15) is 5.56 Å². The molecule has 1 aliphatic heterocycles. The lowest BCUT2D eigenvalue weighted by Crippen LogP contribution is -2.25. The zero-order chi connectivity index (χ0) is 22.2. The first-order valence-corrected chi connectivity index (χ1v) is 9.77. The van der Waals surface area contributed by atoms with Gasteiger partial charge in [0, 0.05) is 22.3 Å². The van der Waals surface area contributed by atoms with Crippen LogP contribution in [-0.2, 0) is 20.0 Å². The van der Waals surface area contributed by atoms with Gasteiger partial charge in [-0.1, -0.05) is 24.3 Å². The van der Waals surface area contributed by atoms with Gasteiger partial charge in [-0.05, 0) is 29.7 Å². The van der Waals surface area contributed by atoms with Gasteiger partial charge in [0.2, 0.25) is 0 Å². The molecule has 2 heterocycles. The number of alkyl halides is 3. The van der Waals surface area contributed by atoms with Crippen molar-refractivity contribution in [2.24, 2.45) is 0 Å². The number of cyclic esters (lactones) is 1. The molecule has 0 radical (unpaired) electrons. The van der Waals surface area contributed by atoms with Crippen molar-refractivity contribution in [1.82, 2.24) is 4.98 Å². The van der Waals surface area contributed by atoms with Crippen molar-refractivity contribution in [2.75, 3.05) is 18.1 Å². The number of carbonyl (C=O) groups excluding carboxylic acids is 1. The maximum absolute atomic E-state index is 13.4. The topological polar surface area (TPSA) is 88.7 Å². The first-order chi connectivity index (χ1) is 14.8. The molecule has 0 bridgehead atoms. The predicted octanol–water partition coefficient (Wildman–Crippen LogP) is 4.76. The standard InChI is InChI=1S/C20H14F3N2O5P/c21-20(22,23)16-4-2-1-3-14(16)17-7-11-5-6-12(8-15(11)18(26)24-17)25-9-13(10-29-31-28)30-19(25)27/h1-8,13H,9-10H2,(H,24,26)/t13-/m1/s1. The van der Waals surface area contributed by atoms with E-state index in [1.54, 1.807) is 12.1 Å². The maximum atomic E-state index is 13.4. The summed E-state index contributed by atoms with van der Waals surface area (Å²) in [7, 11) is -0.528. The third-order valence-corrected chi connectivity index (χ3v) is 5.11. The number of nitrogens with one attached hydrogen (secondary N) is 1. The van der Waals surface area contributed by atoms with Gasteiger partial charge in [0.05, 0.1) is 18.7 Å². The molecule has 7 nitrogen and oxygen atoms in total. The zero-order valence-corrected chi connectivity index (χ0v) is 16.6. The molecule has 0 aliphatic carbocycles. The van der Waals surface area contributed by atoms with E-state index in [-0.39, 0.29) is 29.8 Å². The normalized spacial score (nSPS) is 16.8. The molecule has 11 heteroatoms. The van der Waals surface area contributed by atoms with E-state index in [4.69, 9.17) is 9.26 Å². The average molecular weight is 450 g/mol. The maximum Gasteiger partial charge on any atom is 0.417 e. The monoisotopic (exact) mass is 450 g/mol. The summed E-state index contributed by atoms with van der Waals surface area (Å²) in [6, 6.07) is 11.0. The van der Waals surface area contributed by atoms with E-state index >= 15 is 0 Å². The summed E-state index contributed by atoms with van der Waals surface area (Å²) in [4.78, 5) is 28.6. The Labute approximate surface area is 174 Å².